The van der Waals surface area contributed by atoms with Crippen molar-refractivity contribution in [2.75, 3.05) is 24.2 Å². The molecule has 106 valence electrons. The minimum absolute atomic E-state index is 0.126. The molecule has 0 radical (unpaired) electrons. The van der Waals surface area contributed by atoms with Gasteiger partial charge in [0.25, 0.3) is 5.56 Å². The Morgan fingerprint density at radius 1 is 1.45 bits per heavy atom. The maximum absolute atomic E-state index is 11.9. The lowest BCUT2D eigenvalue weighted by Crippen LogP contribution is -2.25. The summed E-state index contributed by atoms with van der Waals surface area (Å²) in [6, 6.07) is 7.22. The molecule has 0 saturated carbocycles. The summed E-state index contributed by atoms with van der Waals surface area (Å²) in [5.41, 5.74) is 6.19. The van der Waals surface area contributed by atoms with Gasteiger partial charge in [-0.25, -0.2) is 4.98 Å². The molecule has 0 bridgehead atoms. The first-order chi connectivity index (χ1) is 9.70. The highest BCUT2D eigenvalue weighted by atomic mass is 16.5. The lowest BCUT2D eigenvalue weighted by Gasteiger charge is -2.09. The minimum atomic E-state index is -0.126. The van der Waals surface area contributed by atoms with Crippen molar-refractivity contribution in [3.8, 4) is 5.75 Å². The van der Waals surface area contributed by atoms with E-state index in [1.807, 2.05) is 19.1 Å². The molecule has 3 N–H and O–H groups in total. The normalized spacial score (nSPS) is 10.2. The van der Waals surface area contributed by atoms with Crippen LogP contribution < -0.4 is 21.3 Å². The molecule has 6 nitrogen and oxygen atoms in total. The van der Waals surface area contributed by atoms with Gasteiger partial charge < -0.3 is 20.4 Å². The number of nitrogens with zero attached hydrogens (tertiary/aromatic N) is 2. The van der Waals surface area contributed by atoms with E-state index < -0.39 is 0 Å². The Morgan fingerprint density at radius 3 is 3.05 bits per heavy atom. The van der Waals surface area contributed by atoms with Gasteiger partial charge in [0.05, 0.1) is 6.54 Å². The van der Waals surface area contributed by atoms with Crippen molar-refractivity contribution < 1.29 is 4.74 Å². The summed E-state index contributed by atoms with van der Waals surface area (Å²) >= 11 is 0. The molecule has 0 spiro atoms. The second-order valence-corrected chi connectivity index (χ2v) is 4.21. The molecule has 20 heavy (non-hydrogen) atoms. The van der Waals surface area contributed by atoms with Crippen molar-refractivity contribution in [2.24, 2.45) is 0 Å². The lowest BCUT2D eigenvalue weighted by atomic mass is 10.3. The Balaban J connectivity index is 1.86. The van der Waals surface area contributed by atoms with Gasteiger partial charge in [-0.3, -0.25) is 4.79 Å². The number of aromatic nitrogens is 2. The molecule has 1 heterocycles. The zero-order valence-electron chi connectivity index (χ0n) is 11.4. The van der Waals surface area contributed by atoms with Crippen LogP contribution in [0.4, 0.5) is 11.5 Å². The molecule has 0 amide bonds. The van der Waals surface area contributed by atoms with Crippen molar-refractivity contribution in [1.82, 2.24) is 9.55 Å². The molecule has 1 aromatic heterocycles. The summed E-state index contributed by atoms with van der Waals surface area (Å²) in [4.78, 5) is 15.9. The van der Waals surface area contributed by atoms with Gasteiger partial charge in [0.2, 0.25) is 0 Å². The number of aryl methyl sites for hydroxylation is 1. The van der Waals surface area contributed by atoms with E-state index >= 15 is 0 Å². The van der Waals surface area contributed by atoms with E-state index in [0.717, 1.165) is 0 Å². The second kappa shape index (κ2) is 6.60. The van der Waals surface area contributed by atoms with Crippen molar-refractivity contribution in [1.29, 1.82) is 0 Å². The number of benzene rings is 1. The van der Waals surface area contributed by atoms with Gasteiger partial charge in [0.1, 0.15) is 12.4 Å². The molecule has 0 saturated heterocycles. The SMILES string of the molecule is CCn1ccnc(NCCOc2cccc(N)c2)c1=O. The molecular weight excluding hydrogens is 256 g/mol. The number of anilines is 2. The van der Waals surface area contributed by atoms with Gasteiger partial charge in [0, 0.05) is 30.7 Å². The Bertz CT molecular complexity index is 625. The van der Waals surface area contributed by atoms with Crippen LogP contribution >= 0.6 is 0 Å². The summed E-state index contributed by atoms with van der Waals surface area (Å²) in [6.45, 7) is 3.44. The van der Waals surface area contributed by atoms with Crippen LogP contribution in [0, 0.1) is 0 Å². The van der Waals surface area contributed by atoms with Crippen LogP contribution in [-0.4, -0.2) is 22.7 Å². The van der Waals surface area contributed by atoms with Crippen molar-refractivity contribution in [2.45, 2.75) is 13.5 Å². The summed E-state index contributed by atoms with van der Waals surface area (Å²) in [5.74, 6) is 1.05. The number of nitrogens with one attached hydrogen (secondary N) is 1. The van der Waals surface area contributed by atoms with Crippen LogP contribution in [0.25, 0.3) is 0 Å². The topological polar surface area (TPSA) is 82.2 Å². The molecule has 0 unspecified atom stereocenters. The van der Waals surface area contributed by atoms with E-state index in [4.69, 9.17) is 10.5 Å². The van der Waals surface area contributed by atoms with Crippen LogP contribution in [0.3, 0.4) is 0 Å². The third-order valence-corrected chi connectivity index (χ3v) is 2.78. The Hall–Kier alpha value is -2.50. The fraction of sp³-hybridized carbons (Fsp3) is 0.286. The monoisotopic (exact) mass is 274 g/mol. The van der Waals surface area contributed by atoms with Crippen molar-refractivity contribution >= 4 is 11.5 Å². The fourth-order valence-corrected chi connectivity index (χ4v) is 1.76. The molecule has 0 aliphatic rings. The molecule has 2 rings (SSSR count). The van der Waals surface area contributed by atoms with Crippen molar-refractivity contribution in [3.05, 3.63) is 47.0 Å². The van der Waals surface area contributed by atoms with Gasteiger partial charge in [0.15, 0.2) is 5.82 Å². The third-order valence-electron chi connectivity index (χ3n) is 2.78. The standard InChI is InChI=1S/C14H18N4O2/c1-2-18-8-6-16-13(14(18)19)17-7-9-20-12-5-3-4-11(15)10-12/h3-6,8,10H,2,7,9,15H2,1H3,(H,16,17). The largest absolute Gasteiger partial charge is 0.492 e. The Labute approximate surface area is 117 Å². The van der Waals surface area contributed by atoms with Crippen LogP contribution in [0.1, 0.15) is 6.92 Å². The highest BCUT2D eigenvalue weighted by molar-refractivity contribution is 5.43. The number of hydrogen-bond donors (Lipinski definition) is 2. The van der Waals surface area contributed by atoms with E-state index in [-0.39, 0.29) is 5.56 Å². The van der Waals surface area contributed by atoms with Gasteiger partial charge in [-0.15, -0.1) is 0 Å². The highest BCUT2D eigenvalue weighted by Crippen LogP contribution is 2.13. The summed E-state index contributed by atoms with van der Waals surface area (Å²) in [7, 11) is 0. The van der Waals surface area contributed by atoms with Gasteiger partial charge in [-0.1, -0.05) is 6.07 Å². The highest BCUT2D eigenvalue weighted by Gasteiger charge is 2.02. The maximum Gasteiger partial charge on any atom is 0.293 e. The molecule has 0 atom stereocenters. The molecule has 0 fully saturated rings. The summed E-state index contributed by atoms with van der Waals surface area (Å²) < 4.78 is 7.12. The van der Waals surface area contributed by atoms with Gasteiger partial charge in [-0.05, 0) is 19.1 Å². The smallest absolute Gasteiger partial charge is 0.293 e. The second-order valence-electron chi connectivity index (χ2n) is 4.21. The number of hydrogen-bond acceptors (Lipinski definition) is 5. The molecule has 6 heteroatoms. The molecule has 0 aliphatic heterocycles. The maximum atomic E-state index is 11.9. The predicted molar refractivity (Wildman–Crippen MR) is 79.0 cm³/mol. The molecule has 0 aliphatic carbocycles. The first kappa shape index (κ1) is 13.9. The molecule has 1 aromatic carbocycles. The number of ether oxygens (including phenoxy) is 1. The third kappa shape index (κ3) is 3.50. The van der Waals surface area contributed by atoms with E-state index in [9.17, 15) is 4.79 Å². The number of rotatable bonds is 6. The Morgan fingerprint density at radius 2 is 2.30 bits per heavy atom. The average Bonchev–Trinajstić information content (AvgIpc) is 2.45. The van der Waals surface area contributed by atoms with Gasteiger partial charge in [-0.2, -0.15) is 0 Å². The number of nitrogen functional groups attached to an aromatic ring is 1. The molecular formula is C14H18N4O2. The van der Waals surface area contributed by atoms with Crippen molar-refractivity contribution in [3.63, 3.8) is 0 Å². The van der Waals surface area contributed by atoms with Crippen LogP contribution in [0.15, 0.2) is 41.5 Å². The van der Waals surface area contributed by atoms with Gasteiger partial charge >= 0.3 is 0 Å². The number of nitrogens with two attached hydrogens (primary N) is 1. The Kier molecular flexibility index (Phi) is 4.60. The van der Waals surface area contributed by atoms with E-state index in [0.29, 0.717) is 37.0 Å². The van der Waals surface area contributed by atoms with Crippen LogP contribution in [0.5, 0.6) is 5.75 Å². The first-order valence-corrected chi connectivity index (χ1v) is 6.48. The minimum Gasteiger partial charge on any atom is -0.492 e. The molecule has 2 aromatic rings. The van der Waals surface area contributed by atoms with E-state index in [1.54, 1.807) is 29.1 Å². The zero-order valence-corrected chi connectivity index (χ0v) is 11.4. The predicted octanol–water partition coefficient (Wildman–Crippen LogP) is 1.34. The summed E-state index contributed by atoms with van der Waals surface area (Å²) in [6.07, 6.45) is 3.27. The first-order valence-electron chi connectivity index (χ1n) is 6.48. The van der Waals surface area contributed by atoms with Crippen LogP contribution in [-0.2, 0) is 6.54 Å². The zero-order chi connectivity index (χ0) is 14.4. The van der Waals surface area contributed by atoms with Crippen LogP contribution in [0.2, 0.25) is 0 Å². The fourth-order valence-electron chi connectivity index (χ4n) is 1.76. The average molecular weight is 274 g/mol. The lowest BCUT2D eigenvalue weighted by molar-refractivity contribution is 0.333. The van der Waals surface area contributed by atoms with E-state index in [2.05, 4.69) is 10.3 Å². The summed E-state index contributed by atoms with van der Waals surface area (Å²) in [5, 5.41) is 2.97. The van der Waals surface area contributed by atoms with E-state index in [1.165, 1.54) is 0 Å². The quantitative estimate of drug-likeness (QED) is 0.613.